The quantitative estimate of drug-likeness (QED) is 0.262. The van der Waals surface area contributed by atoms with Gasteiger partial charge in [-0.15, -0.1) is 12.2 Å². The van der Waals surface area contributed by atoms with E-state index in [2.05, 4.69) is 128 Å². The SMILES string of the molecule is CC(C)C1=CCC=C(C(C)C)[C-]1[n+]1c[cH-][n+](CCP(c2ccccc2)c2ccccc2)c1. The molecule has 32 heavy (non-hydrogen) atoms. The number of rotatable bonds is 8. The highest BCUT2D eigenvalue weighted by Gasteiger charge is 2.28. The summed E-state index contributed by atoms with van der Waals surface area (Å²) in [6.45, 7) is 10.2. The molecule has 0 bridgehead atoms. The molecule has 3 aromatic rings. The van der Waals surface area contributed by atoms with Gasteiger partial charge in [-0.25, -0.2) is 0 Å². The van der Waals surface area contributed by atoms with Crippen LogP contribution in [0, 0.1) is 17.9 Å². The van der Waals surface area contributed by atoms with Gasteiger partial charge in [-0.2, -0.15) is 0 Å². The molecule has 0 radical (unpaired) electrons. The van der Waals surface area contributed by atoms with E-state index in [-0.39, 0.29) is 7.92 Å². The molecular weight excluding hydrogens is 407 g/mol. The summed E-state index contributed by atoms with van der Waals surface area (Å²) in [5, 5.41) is 2.90. The molecule has 4 rings (SSSR count). The van der Waals surface area contributed by atoms with Gasteiger partial charge in [0.1, 0.15) is 12.6 Å². The molecule has 0 spiro atoms. The van der Waals surface area contributed by atoms with Gasteiger partial charge in [-0.1, -0.05) is 94.8 Å². The maximum absolute atomic E-state index is 2.40. The van der Waals surface area contributed by atoms with E-state index < -0.39 is 0 Å². The molecule has 0 amide bonds. The van der Waals surface area contributed by atoms with Crippen LogP contribution in [0.3, 0.4) is 0 Å². The molecule has 0 aliphatic heterocycles. The molecule has 0 fully saturated rings. The summed E-state index contributed by atoms with van der Waals surface area (Å²) in [6.07, 6.45) is 13.7. The molecule has 0 N–H and O–H groups in total. The van der Waals surface area contributed by atoms with Gasteiger partial charge in [0.15, 0.2) is 0 Å². The Balaban J connectivity index is 1.56. The lowest BCUT2D eigenvalue weighted by Crippen LogP contribution is -2.46. The summed E-state index contributed by atoms with van der Waals surface area (Å²) < 4.78 is 4.71. The van der Waals surface area contributed by atoms with E-state index in [0.29, 0.717) is 11.8 Å². The Morgan fingerprint density at radius 2 is 1.38 bits per heavy atom. The van der Waals surface area contributed by atoms with E-state index in [4.69, 9.17) is 0 Å². The van der Waals surface area contributed by atoms with Gasteiger partial charge in [0.25, 0.3) is 6.33 Å². The second-order valence-electron chi connectivity index (χ2n) is 9.09. The minimum atomic E-state index is -0.378. The second-order valence-corrected chi connectivity index (χ2v) is 11.4. The van der Waals surface area contributed by atoms with Crippen molar-refractivity contribution in [3.63, 3.8) is 0 Å². The van der Waals surface area contributed by atoms with E-state index in [0.717, 1.165) is 19.1 Å². The topological polar surface area (TPSA) is 7.76 Å². The lowest BCUT2D eigenvalue weighted by atomic mass is 9.81. The number of imidazole rings is 1. The van der Waals surface area contributed by atoms with Crippen molar-refractivity contribution in [1.29, 1.82) is 0 Å². The Bertz CT molecular complexity index is 997. The predicted octanol–water partition coefficient (Wildman–Crippen LogP) is 5.06. The van der Waals surface area contributed by atoms with E-state index in [1.165, 1.54) is 27.8 Å². The van der Waals surface area contributed by atoms with Crippen LogP contribution in [0.25, 0.3) is 0 Å². The highest BCUT2D eigenvalue weighted by Crippen LogP contribution is 2.35. The van der Waals surface area contributed by atoms with Crippen LogP contribution in [-0.2, 0) is 6.54 Å². The van der Waals surface area contributed by atoms with Gasteiger partial charge < -0.3 is 4.57 Å². The molecule has 3 heteroatoms. The zero-order chi connectivity index (χ0) is 22.5. The van der Waals surface area contributed by atoms with Gasteiger partial charge in [0, 0.05) is 6.16 Å². The third kappa shape index (κ3) is 5.08. The van der Waals surface area contributed by atoms with Crippen LogP contribution in [0.15, 0.2) is 103 Å². The number of aromatic nitrogens is 2. The zero-order valence-corrected chi connectivity index (χ0v) is 20.7. The summed E-state index contributed by atoms with van der Waals surface area (Å²) in [4.78, 5) is 0. The Hall–Kier alpha value is -2.57. The fraction of sp³-hybridized carbons (Fsp3) is 0.310. The summed E-state index contributed by atoms with van der Waals surface area (Å²) in [7, 11) is -0.378. The van der Waals surface area contributed by atoms with Crippen molar-refractivity contribution in [3.05, 3.63) is 109 Å². The van der Waals surface area contributed by atoms with Crippen molar-refractivity contribution in [3.8, 4) is 0 Å². The normalized spacial score (nSPS) is 14.3. The zero-order valence-electron chi connectivity index (χ0n) is 19.8. The summed E-state index contributed by atoms with van der Waals surface area (Å²) >= 11 is 0. The fourth-order valence-electron chi connectivity index (χ4n) is 4.49. The van der Waals surface area contributed by atoms with Crippen LogP contribution in [0.4, 0.5) is 0 Å². The first-order valence-corrected chi connectivity index (χ1v) is 13.3. The number of hydrogen-bond acceptors (Lipinski definition) is 0. The number of nitrogens with zero attached hydrogens (tertiary/aromatic N) is 2. The van der Waals surface area contributed by atoms with Crippen molar-refractivity contribution in [2.24, 2.45) is 11.8 Å². The van der Waals surface area contributed by atoms with Gasteiger partial charge in [0.05, 0.1) is 12.4 Å². The molecule has 2 nitrogen and oxygen atoms in total. The molecule has 0 saturated carbocycles. The average Bonchev–Trinajstić information content (AvgIpc) is 3.28. The molecule has 1 heterocycles. The molecular formula is C29H35N2P. The number of benzene rings is 2. The maximum Gasteiger partial charge on any atom is 0.257 e. The first-order valence-electron chi connectivity index (χ1n) is 11.8. The largest absolute Gasteiger partial charge is 0.309 e. The van der Waals surface area contributed by atoms with Crippen LogP contribution >= 0.6 is 7.92 Å². The molecule has 166 valence electrons. The fourth-order valence-corrected chi connectivity index (χ4v) is 6.80. The number of hydrogen-bond donors (Lipinski definition) is 0. The van der Waals surface area contributed by atoms with Crippen LogP contribution in [0.5, 0.6) is 0 Å². The van der Waals surface area contributed by atoms with Crippen molar-refractivity contribution < 1.29 is 9.13 Å². The molecule has 0 saturated heterocycles. The first-order chi connectivity index (χ1) is 15.5. The summed E-state index contributed by atoms with van der Waals surface area (Å²) in [5.41, 5.74) is 2.93. The van der Waals surface area contributed by atoms with Gasteiger partial charge in [-0.05, 0) is 41.5 Å². The van der Waals surface area contributed by atoms with Crippen LogP contribution in [-0.4, -0.2) is 6.16 Å². The Labute approximate surface area is 195 Å². The highest BCUT2D eigenvalue weighted by atomic mass is 31.1. The molecule has 1 aromatic heterocycles. The summed E-state index contributed by atoms with van der Waals surface area (Å²) in [6, 6.07) is 23.4. The average molecular weight is 443 g/mol. The molecule has 1 aliphatic rings. The molecule has 2 aromatic carbocycles. The monoisotopic (exact) mass is 442 g/mol. The van der Waals surface area contributed by atoms with E-state index in [1.54, 1.807) is 0 Å². The van der Waals surface area contributed by atoms with E-state index in [1.807, 2.05) is 0 Å². The van der Waals surface area contributed by atoms with Gasteiger partial charge in [0.2, 0.25) is 0 Å². The van der Waals surface area contributed by atoms with Crippen LogP contribution in [0.1, 0.15) is 34.1 Å². The minimum absolute atomic E-state index is 0.378. The number of aryl methyl sites for hydroxylation is 1. The third-order valence-electron chi connectivity index (χ3n) is 6.13. The number of allylic oxidation sites excluding steroid dienone is 4. The Morgan fingerprint density at radius 3 is 1.88 bits per heavy atom. The minimum Gasteiger partial charge on any atom is -0.309 e. The highest BCUT2D eigenvalue weighted by molar-refractivity contribution is 7.72. The van der Waals surface area contributed by atoms with Gasteiger partial charge in [-0.3, -0.25) is 4.57 Å². The van der Waals surface area contributed by atoms with Crippen molar-refractivity contribution >= 4 is 18.5 Å². The van der Waals surface area contributed by atoms with Crippen LogP contribution in [0.2, 0.25) is 0 Å². The van der Waals surface area contributed by atoms with E-state index in [9.17, 15) is 0 Å². The first kappa shape index (κ1) is 22.6. The lowest BCUT2D eigenvalue weighted by Gasteiger charge is -2.30. The smallest absolute Gasteiger partial charge is 0.257 e. The maximum atomic E-state index is 2.40. The molecule has 1 aliphatic carbocycles. The molecule has 0 atom stereocenters. The summed E-state index contributed by atoms with van der Waals surface area (Å²) in [5.74, 6) is 1.04. The van der Waals surface area contributed by atoms with Gasteiger partial charge >= 0.3 is 0 Å². The van der Waals surface area contributed by atoms with Crippen LogP contribution < -0.4 is 19.7 Å². The molecule has 0 unspecified atom stereocenters. The standard InChI is InChI=1S/C29H35N2P/c1-23(2)27-16-11-17-28(24(3)4)29(27)31-19-18-30(22-31)20-21-32(25-12-7-5-8-13-25)26-14-9-6-10-15-26/h5-10,12-19,22-24H,11,20-21H2,1-4H3. The third-order valence-corrected chi connectivity index (χ3v) is 8.62. The lowest BCUT2D eigenvalue weighted by molar-refractivity contribution is -0.772. The van der Waals surface area contributed by atoms with E-state index >= 15 is 0 Å². The second kappa shape index (κ2) is 10.4. The Morgan fingerprint density at radius 1 is 0.844 bits per heavy atom. The van der Waals surface area contributed by atoms with Crippen molar-refractivity contribution in [1.82, 2.24) is 0 Å². The predicted molar refractivity (Wildman–Crippen MR) is 135 cm³/mol. The van der Waals surface area contributed by atoms with Crippen molar-refractivity contribution in [2.75, 3.05) is 6.16 Å². The Kier molecular flexibility index (Phi) is 7.33. The van der Waals surface area contributed by atoms with Crippen molar-refractivity contribution in [2.45, 2.75) is 40.7 Å².